The van der Waals surface area contributed by atoms with E-state index in [1.807, 2.05) is 30.3 Å². The molecule has 7 nitrogen and oxygen atoms in total. The van der Waals surface area contributed by atoms with Gasteiger partial charge >= 0.3 is 0 Å². The Labute approximate surface area is 143 Å². The number of hydrogen-bond acceptors (Lipinski definition) is 5. The molecule has 1 aromatic heterocycles. The number of hydrogen-bond donors (Lipinski definition) is 2. The van der Waals surface area contributed by atoms with Gasteiger partial charge in [-0.1, -0.05) is 18.2 Å². The largest absolute Gasteiger partial charge is 0.459 e. The Kier molecular flexibility index (Phi) is 4.38. The number of carbonyl (C=O) groups excluding carboxylic acids is 1. The number of nitrogens with one attached hydrogen (secondary N) is 2. The molecule has 128 valence electrons. The number of nitrogens with zero attached hydrogens (tertiary/aromatic N) is 1. The Bertz CT molecular complexity index is 915. The van der Waals surface area contributed by atoms with Gasteiger partial charge in [0.1, 0.15) is 11.3 Å². The number of rotatable bonds is 5. The van der Waals surface area contributed by atoms with E-state index >= 15 is 0 Å². The van der Waals surface area contributed by atoms with E-state index in [1.54, 1.807) is 14.0 Å². The molecular formula is C18H17N3O4. The molecule has 0 saturated heterocycles. The van der Waals surface area contributed by atoms with E-state index < -0.39 is 10.8 Å². The lowest BCUT2D eigenvalue weighted by Gasteiger charge is -2.13. The van der Waals surface area contributed by atoms with Crippen molar-refractivity contribution in [2.45, 2.75) is 13.0 Å². The fraction of sp³-hybridized carbons (Fsp3) is 0.167. The third-order valence-corrected chi connectivity index (χ3v) is 3.95. The fourth-order valence-corrected chi connectivity index (χ4v) is 2.61. The molecule has 1 heterocycles. The van der Waals surface area contributed by atoms with Crippen LogP contribution in [0.4, 0.5) is 11.4 Å². The summed E-state index contributed by atoms with van der Waals surface area (Å²) in [7, 11) is 1.65. The maximum Gasteiger partial charge on any atom is 0.270 e. The van der Waals surface area contributed by atoms with E-state index in [-0.39, 0.29) is 17.3 Å². The van der Waals surface area contributed by atoms with Crippen LogP contribution in [-0.4, -0.2) is 17.9 Å². The second-order valence-electron chi connectivity index (χ2n) is 5.62. The van der Waals surface area contributed by atoms with Crippen LogP contribution in [0.3, 0.4) is 0 Å². The van der Waals surface area contributed by atoms with Crippen molar-refractivity contribution in [3.05, 3.63) is 70.0 Å². The summed E-state index contributed by atoms with van der Waals surface area (Å²) in [5, 5.41) is 17.6. The minimum atomic E-state index is -0.529. The summed E-state index contributed by atoms with van der Waals surface area (Å²) < 4.78 is 5.75. The standard InChI is InChI=1S/C18H17N3O4/c1-11(17-9-12-5-3-4-6-16(12)25-17)20-18(22)14-10-13(21(23)24)7-8-15(14)19-2/h3-11,19H,1-2H3,(H,20,22). The monoisotopic (exact) mass is 339 g/mol. The fourth-order valence-electron chi connectivity index (χ4n) is 2.61. The van der Waals surface area contributed by atoms with E-state index in [1.165, 1.54) is 18.2 Å². The van der Waals surface area contributed by atoms with Crippen LogP contribution in [-0.2, 0) is 0 Å². The number of fused-ring (bicyclic) bond motifs is 1. The third-order valence-electron chi connectivity index (χ3n) is 3.95. The molecular weight excluding hydrogens is 322 g/mol. The predicted molar refractivity (Wildman–Crippen MR) is 94.7 cm³/mol. The van der Waals surface area contributed by atoms with Gasteiger partial charge in [-0.3, -0.25) is 14.9 Å². The lowest BCUT2D eigenvalue weighted by atomic mass is 10.1. The molecule has 25 heavy (non-hydrogen) atoms. The Morgan fingerprint density at radius 3 is 2.64 bits per heavy atom. The second-order valence-corrected chi connectivity index (χ2v) is 5.62. The number of nitro benzene ring substituents is 1. The van der Waals surface area contributed by atoms with Crippen LogP contribution in [0.1, 0.15) is 29.1 Å². The van der Waals surface area contributed by atoms with Gasteiger partial charge in [0.25, 0.3) is 11.6 Å². The van der Waals surface area contributed by atoms with E-state index in [2.05, 4.69) is 10.6 Å². The van der Waals surface area contributed by atoms with E-state index in [9.17, 15) is 14.9 Å². The van der Waals surface area contributed by atoms with E-state index in [0.29, 0.717) is 11.4 Å². The number of non-ortho nitro benzene ring substituents is 1. The molecule has 0 fully saturated rings. The molecule has 3 rings (SSSR count). The van der Waals surface area contributed by atoms with Crippen molar-refractivity contribution >= 4 is 28.3 Å². The first-order valence-corrected chi connectivity index (χ1v) is 7.75. The number of furan rings is 1. The summed E-state index contributed by atoms with van der Waals surface area (Å²) in [5.74, 6) is 0.201. The van der Waals surface area contributed by atoms with Crippen molar-refractivity contribution in [1.82, 2.24) is 5.32 Å². The lowest BCUT2D eigenvalue weighted by Crippen LogP contribution is -2.27. The Balaban J connectivity index is 1.85. The van der Waals surface area contributed by atoms with Gasteiger partial charge in [0.2, 0.25) is 0 Å². The van der Waals surface area contributed by atoms with Crippen molar-refractivity contribution in [2.75, 3.05) is 12.4 Å². The van der Waals surface area contributed by atoms with Crippen LogP contribution in [0.15, 0.2) is 52.9 Å². The average molecular weight is 339 g/mol. The summed E-state index contributed by atoms with van der Waals surface area (Å²) in [6, 6.07) is 13.2. The molecule has 0 radical (unpaired) electrons. The van der Waals surface area contributed by atoms with Crippen LogP contribution < -0.4 is 10.6 Å². The number of para-hydroxylation sites is 1. The van der Waals surface area contributed by atoms with Gasteiger partial charge in [-0.2, -0.15) is 0 Å². The Morgan fingerprint density at radius 1 is 1.20 bits per heavy atom. The predicted octanol–water partition coefficient (Wildman–Crippen LogP) is 3.87. The summed E-state index contributed by atoms with van der Waals surface area (Å²) in [6.07, 6.45) is 0. The zero-order chi connectivity index (χ0) is 18.0. The topological polar surface area (TPSA) is 97.4 Å². The van der Waals surface area contributed by atoms with Gasteiger partial charge in [-0.05, 0) is 25.1 Å². The highest BCUT2D eigenvalue weighted by atomic mass is 16.6. The quantitative estimate of drug-likeness (QED) is 0.543. The van der Waals surface area contributed by atoms with Crippen molar-refractivity contribution in [3.8, 4) is 0 Å². The van der Waals surface area contributed by atoms with Crippen LogP contribution in [0.2, 0.25) is 0 Å². The average Bonchev–Trinajstić information content (AvgIpc) is 3.05. The molecule has 1 atom stereocenters. The molecule has 7 heteroatoms. The molecule has 1 unspecified atom stereocenters. The molecule has 2 N–H and O–H groups in total. The first-order valence-electron chi connectivity index (χ1n) is 7.75. The molecule has 0 bridgehead atoms. The lowest BCUT2D eigenvalue weighted by molar-refractivity contribution is -0.384. The molecule has 0 aliphatic rings. The number of anilines is 1. The number of carbonyl (C=O) groups is 1. The van der Waals surface area contributed by atoms with Crippen LogP contribution in [0, 0.1) is 10.1 Å². The number of benzene rings is 2. The molecule has 3 aromatic rings. The van der Waals surface area contributed by atoms with Crippen molar-refractivity contribution < 1.29 is 14.1 Å². The van der Waals surface area contributed by atoms with E-state index in [4.69, 9.17) is 4.42 Å². The highest BCUT2D eigenvalue weighted by molar-refractivity contribution is 6.00. The normalized spacial score (nSPS) is 11.9. The summed E-state index contributed by atoms with van der Waals surface area (Å²) in [5.41, 5.74) is 1.32. The third kappa shape index (κ3) is 3.30. The Morgan fingerprint density at radius 2 is 1.96 bits per heavy atom. The number of nitro groups is 1. The molecule has 2 aromatic carbocycles. The summed E-state index contributed by atoms with van der Waals surface area (Å²) in [6.45, 7) is 1.80. The van der Waals surface area contributed by atoms with Gasteiger partial charge in [0.05, 0.1) is 16.5 Å². The minimum absolute atomic E-state index is 0.138. The molecule has 1 amide bonds. The van der Waals surface area contributed by atoms with Gasteiger partial charge in [0.15, 0.2) is 0 Å². The maximum atomic E-state index is 12.6. The smallest absolute Gasteiger partial charge is 0.270 e. The van der Waals surface area contributed by atoms with Crippen molar-refractivity contribution in [1.29, 1.82) is 0 Å². The molecule has 0 saturated carbocycles. The first kappa shape index (κ1) is 16.5. The van der Waals surface area contributed by atoms with E-state index in [0.717, 1.165) is 11.0 Å². The highest BCUT2D eigenvalue weighted by Gasteiger charge is 2.20. The highest BCUT2D eigenvalue weighted by Crippen LogP contribution is 2.25. The minimum Gasteiger partial charge on any atom is -0.459 e. The molecule has 0 spiro atoms. The second kappa shape index (κ2) is 6.64. The van der Waals surface area contributed by atoms with Gasteiger partial charge in [0, 0.05) is 30.3 Å². The molecule has 0 aliphatic carbocycles. The molecule has 0 aliphatic heterocycles. The SMILES string of the molecule is CNc1ccc([N+](=O)[O-])cc1C(=O)NC(C)c1cc2ccccc2o1. The van der Waals surface area contributed by atoms with Crippen LogP contribution in [0.5, 0.6) is 0 Å². The zero-order valence-corrected chi connectivity index (χ0v) is 13.8. The Hall–Kier alpha value is -3.35. The first-order chi connectivity index (χ1) is 12.0. The van der Waals surface area contributed by atoms with Crippen molar-refractivity contribution in [3.63, 3.8) is 0 Å². The van der Waals surface area contributed by atoms with Crippen LogP contribution in [0.25, 0.3) is 11.0 Å². The summed E-state index contributed by atoms with van der Waals surface area (Å²) in [4.78, 5) is 23.0. The van der Waals surface area contributed by atoms with Crippen LogP contribution >= 0.6 is 0 Å². The van der Waals surface area contributed by atoms with Gasteiger partial charge < -0.3 is 15.1 Å². The van der Waals surface area contributed by atoms with Gasteiger partial charge in [-0.25, -0.2) is 0 Å². The number of amides is 1. The van der Waals surface area contributed by atoms with Crippen molar-refractivity contribution in [2.24, 2.45) is 0 Å². The van der Waals surface area contributed by atoms with Gasteiger partial charge in [-0.15, -0.1) is 0 Å². The maximum absolute atomic E-state index is 12.6. The zero-order valence-electron chi connectivity index (χ0n) is 13.8. The summed E-state index contributed by atoms with van der Waals surface area (Å²) >= 11 is 0.